The lowest BCUT2D eigenvalue weighted by Gasteiger charge is -2.13. The Hall–Kier alpha value is -1.20. The van der Waals surface area contributed by atoms with Crippen LogP contribution >= 0.6 is 11.6 Å². The smallest absolute Gasteiger partial charge is 0.0992 e. The van der Waals surface area contributed by atoms with Crippen molar-refractivity contribution < 1.29 is 0 Å². The van der Waals surface area contributed by atoms with E-state index >= 15 is 0 Å². The van der Waals surface area contributed by atoms with Crippen LogP contribution in [0.1, 0.15) is 5.56 Å². The van der Waals surface area contributed by atoms with Gasteiger partial charge in [-0.05, 0) is 18.2 Å². The van der Waals surface area contributed by atoms with Crippen molar-refractivity contribution in [3.8, 4) is 6.07 Å². The number of rotatable bonds is 1. The number of benzene rings is 1. The number of halogens is 1. The maximum atomic E-state index is 8.62. The molecule has 0 saturated heterocycles. The van der Waals surface area contributed by atoms with Crippen molar-refractivity contribution in [2.24, 2.45) is 0 Å². The van der Waals surface area contributed by atoms with Crippen LogP contribution in [0.15, 0.2) is 18.2 Å². The molecule has 0 bridgehead atoms. The molecule has 0 heterocycles. The molecule has 0 atom stereocenters. The summed E-state index contributed by atoms with van der Waals surface area (Å²) in [5.41, 5.74) is 1.50. The number of anilines is 1. The van der Waals surface area contributed by atoms with E-state index in [0.717, 1.165) is 5.69 Å². The summed E-state index contributed by atoms with van der Waals surface area (Å²) in [5.74, 6) is 0. The fourth-order valence-corrected chi connectivity index (χ4v) is 1.21. The Morgan fingerprint density at radius 3 is 2.58 bits per heavy atom. The minimum absolute atomic E-state index is 0.628. The summed E-state index contributed by atoms with van der Waals surface area (Å²) in [6.45, 7) is 0. The molecule has 0 amide bonds. The van der Waals surface area contributed by atoms with Crippen molar-refractivity contribution in [2.45, 2.75) is 0 Å². The maximum absolute atomic E-state index is 8.62. The van der Waals surface area contributed by atoms with Crippen LogP contribution in [-0.4, -0.2) is 14.1 Å². The highest BCUT2D eigenvalue weighted by atomic mass is 35.5. The minimum Gasteiger partial charge on any atom is -0.376 e. The van der Waals surface area contributed by atoms with Gasteiger partial charge in [-0.25, -0.2) is 0 Å². The number of hydrogen-bond acceptors (Lipinski definition) is 2. The van der Waals surface area contributed by atoms with E-state index in [2.05, 4.69) is 6.07 Å². The zero-order chi connectivity index (χ0) is 9.14. The van der Waals surface area contributed by atoms with Crippen molar-refractivity contribution >= 4 is 17.3 Å². The van der Waals surface area contributed by atoms with Crippen LogP contribution in [0, 0.1) is 11.3 Å². The lowest BCUT2D eigenvalue weighted by atomic mass is 10.2. The molecule has 1 rings (SSSR count). The maximum Gasteiger partial charge on any atom is 0.0992 e. The van der Waals surface area contributed by atoms with Gasteiger partial charge in [0.25, 0.3) is 0 Å². The molecule has 0 aromatic heterocycles. The summed E-state index contributed by atoms with van der Waals surface area (Å²) in [5, 5.41) is 9.29. The van der Waals surface area contributed by atoms with Gasteiger partial charge >= 0.3 is 0 Å². The Kier molecular flexibility index (Phi) is 2.57. The fourth-order valence-electron chi connectivity index (χ4n) is 0.925. The van der Waals surface area contributed by atoms with Crippen LogP contribution in [0.2, 0.25) is 5.02 Å². The molecule has 12 heavy (non-hydrogen) atoms. The number of nitriles is 1. The molecule has 0 fully saturated rings. The third-order valence-corrected chi connectivity index (χ3v) is 1.88. The van der Waals surface area contributed by atoms with Gasteiger partial charge in [-0.1, -0.05) is 11.6 Å². The summed E-state index contributed by atoms with van der Waals surface area (Å²) in [6, 6.07) is 7.27. The van der Waals surface area contributed by atoms with Crippen LogP contribution < -0.4 is 4.90 Å². The summed E-state index contributed by atoms with van der Waals surface area (Å²) in [7, 11) is 3.78. The Labute approximate surface area is 77.0 Å². The molecular weight excluding hydrogens is 172 g/mol. The van der Waals surface area contributed by atoms with E-state index in [1.807, 2.05) is 19.0 Å². The molecule has 0 unspecified atom stereocenters. The first-order valence-electron chi connectivity index (χ1n) is 3.52. The fraction of sp³-hybridized carbons (Fsp3) is 0.222. The molecule has 0 aliphatic carbocycles. The van der Waals surface area contributed by atoms with Gasteiger partial charge in [0.1, 0.15) is 0 Å². The molecule has 2 nitrogen and oxygen atoms in total. The van der Waals surface area contributed by atoms with Gasteiger partial charge in [0, 0.05) is 14.1 Å². The average Bonchev–Trinajstić information content (AvgIpc) is 2.05. The predicted molar refractivity (Wildman–Crippen MR) is 50.5 cm³/mol. The van der Waals surface area contributed by atoms with E-state index in [0.29, 0.717) is 10.6 Å². The quantitative estimate of drug-likeness (QED) is 0.663. The van der Waals surface area contributed by atoms with E-state index in [-0.39, 0.29) is 0 Å². The van der Waals surface area contributed by atoms with Gasteiger partial charge in [-0.2, -0.15) is 5.26 Å². The Morgan fingerprint density at radius 2 is 2.08 bits per heavy atom. The van der Waals surface area contributed by atoms with E-state index in [1.165, 1.54) is 0 Å². The zero-order valence-electron chi connectivity index (χ0n) is 7.00. The van der Waals surface area contributed by atoms with Crippen molar-refractivity contribution in [1.82, 2.24) is 0 Å². The molecule has 62 valence electrons. The van der Waals surface area contributed by atoms with E-state index in [4.69, 9.17) is 16.9 Å². The van der Waals surface area contributed by atoms with E-state index in [1.54, 1.807) is 18.2 Å². The summed E-state index contributed by atoms with van der Waals surface area (Å²) in [4.78, 5) is 1.88. The Bertz CT molecular complexity index is 326. The molecule has 0 aliphatic rings. The summed E-state index contributed by atoms with van der Waals surface area (Å²) >= 11 is 5.90. The SMILES string of the molecule is CN(C)c1cc(C#N)ccc1Cl. The van der Waals surface area contributed by atoms with Crippen LogP contribution in [0.3, 0.4) is 0 Å². The van der Waals surface area contributed by atoms with Crippen LogP contribution in [0.25, 0.3) is 0 Å². The monoisotopic (exact) mass is 180 g/mol. The van der Waals surface area contributed by atoms with Gasteiger partial charge in [0.2, 0.25) is 0 Å². The van der Waals surface area contributed by atoms with Gasteiger partial charge in [0.05, 0.1) is 22.3 Å². The normalized spacial score (nSPS) is 9.17. The van der Waals surface area contributed by atoms with E-state index < -0.39 is 0 Å². The van der Waals surface area contributed by atoms with Crippen LogP contribution in [0.4, 0.5) is 5.69 Å². The second kappa shape index (κ2) is 3.46. The van der Waals surface area contributed by atoms with Crippen molar-refractivity contribution in [2.75, 3.05) is 19.0 Å². The first-order chi connectivity index (χ1) is 5.65. The molecule has 1 aromatic carbocycles. The van der Waals surface area contributed by atoms with Gasteiger partial charge < -0.3 is 4.90 Å². The molecule has 3 heteroatoms. The molecule has 1 aromatic rings. The standard InChI is InChI=1S/C9H9ClN2/c1-12(2)9-5-7(6-11)3-4-8(9)10/h3-5H,1-2H3. The Balaban J connectivity index is 3.19. The third-order valence-electron chi connectivity index (χ3n) is 1.56. The molecule has 0 N–H and O–H groups in total. The molecule has 0 saturated carbocycles. The molecule has 0 spiro atoms. The van der Waals surface area contributed by atoms with E-state index in [9.17, 15) is 0 Å². The lowest BCUT2D eigenvalue weighted by Crippen LogP contribution is -2.09. The zero-order valence-corrected chi connectivity index (χ0v) is 7.76. The lowest BCUT2D eigenvalue weighted by molar-refractivity contribution is 1.13. The second-order valence-electron chi connectivity index (χ2n) is 2.67. The minimum atomic E-state index is 0.628. The largest absolute Gasteiger partial charge is 0.376 e. The highest BCUT2D eigenvalue weighted by Crippen LogP contribution is 2.24. The predicted octanol–water partition coefficient (Wildman–Crippen LogP) is 2.28. The highest BCUT2D eigenvalue weighted by Gasteiger charge is 2.02. The molecular formula is C9H9ClN2. The topological polar surface area (TPSA) is 27.0 Å². The third kappa shape index (κ3) is 1.69. The number of nitrogens with zero attached hydrogens (tertiary/aromatic N) is 2. The van der Waals surface area contributed by atoms with Crippen molar-refractivity contribution in [1.29, 1.82) is 5.26 Å². The number of hydrogen-bond donors (Lipinski definition) is 0. The van der Waals surface area contributed by atoms with Gasteiger partial charge in [0.15, 0.2) is 0 Å². The summed E-state index contributed by atoms with van der Waals surface area (Å²) < 4.78 is 0. The summed E-state index contributed by atoms with van der Waals surface area (Å²) in [6.07, 6.45) is 0. The van der Waals surface area contributed by atoms with Crippen LogP contribution in [-0.2, 0) is 0 Å². The van der Waals surface area contributed by atoms with Gasteiger partial charge in [-0.3, -0.25) is 0 Å². The van der Waals surface area contributed by atoms with Gasteiger partial charge in [-0.15, -0.1) is 0 Å². The molecule has 0 radical (unpaired) electrons. The molecule has 0 aliphatic heterocycles. The van der Waals surface area contributed by atoms with Crippen LogP contribution in [0.5, 0.6) is 0 Å². The first-order valence-corrected chi connectivity index (χ1v) is 3.90. The second-order valence-corrected chi connectivity index (χ2v) is 3.08. The van der Waals surface area contributed by atoms with Crippen molar-refractivity contribution in [3.63, 3.8) is 0 Å². The van der Waals surface area contributed by atoms with Crippen molar-refractivity contribution in [3.05, 3.63) is 28.8 Å². The average molecular weight is 181 g/mol. The Morgan fingerprint density at radius 1 is 1.42 bits per heavy atom. The highest BCUT2D eigenvalue weighted by molar-refractivity contribution is 6.33. The first kappa shape index (κ1) is 8.89.